The Balaban J connectivity index is 2.17. The summed E-state index contributed by atoms with van der Waals surface area (Å²) in [7, 11) is 0. The molecule has 1 saturated heterocycles. The molecule has 2 atom stereocenters. The van der Waals surface area contributed by atoms with Crippen LogP contribution < -0.4 is 10.2 Å². The van der Waals surface area contributed by atoms with E-state index in [1.165, 1.54) is 12.1 Å². The molecule has 2 unspecified atom stereocenters. The minimum Gasteiger partial charge on any atom is -0.363 e. The van der Waals surface area contributed by atoms with Crippen molar-refractivity contribution in [3.05, 3.63) is 12.4 Å². The lowest BCUT2D eigenvalue weighted by molar-refractivity contribution is 0.402. The molecule has 1 aliphatic rings. The van der Waals surface area contributed by atoms with Crippen LogP contribution in [0.5, 0.6) is 0 Å². The molecular formula is C13H24N4. The fraction of sp³-hybridized carbons (Fsp3) is 0.769. The topological polar surface area (TPSA) is 33.1 Å². The Hall–Kier alpha value is -1.03. The average Bonchev–Trinajstić information content (AvgIpc) is 2.78. The Morgan fingerprint density at radius 3 is 2.88 bits per heavy atom. The van der Waals surface area contributed by atoms with Gasteiger partial charge in [-0.1, -0.05) is 6.92 Å². The number of aromatic nitrogens is 2. The number of piperazine rings is 1. The first kappa shape index (κ1) is 12.4. The summed E-state index contributed by atoms with van der Waals surface area (Å²) in [5.74, 6) is 0. The molecule has 17 heavy (non-hydrogen) atoms. The summed E-state index contributed by atoms with van der Waals surface area (Å²) in [4.78, 5) is 2.49. The summed E-state index contributed by atoms with van der Waals surface area (Å²) in [6.07, 6.45) is 5.35. The molecule has 0 saturated carbocycles. The zero-order valence-electron chi connectivity index (χ0n) is 11.3. The molecule has 0 amide bonds. The average molecular weight is 236 g/mol. The van der Waals surface area contributed by atoms with E-state index < -0.39 is 0 Å². The summed E-state index contributed by atoms with van der Waals surface area (Å²) >= 11 is 0. The Kier molecular flexibility index (Phi) is 3.72. The molecule has 0 radical (unpaired) electrons. The molecular weight excluding hydrogens is 212 g/mol. The molecule has 1 aliphatic heterocycles. The Bertz CT molecular complexity index is 358. The van der Waals surface area contributed by atoms with Crippen LogP contribution in [0.3, 0.4) is 0 Å². The highest BCUT2D eigenvalue weighted by atomic mass is 15.3. The first-order chi connectivity index (χ1) is 8.11. The monoisotopic (exact) mass is 236 g/mol. The number of nitrogens with one attached hydrogen (secondary N) is 1. The van der Waals surface area contributed by atoms with Gasteiger partial charge in [0, 0.05) is 37.4 Å². The lowest BCUT2D eigenvalue weighted by atomic mass is 10.1. The van der Waals surface area contributed by atoms with E-state index in [9.17, 15) is 0 Å². The molecule has 0 bridgehead atoms. The summed E-state index contributed by atoms with van der Waals surface area (Å²) in [6, 6.07) is 1.58. The van der Waals surface area contributed by atoms with E-state index in [1.807, 2.05) is 10.9 Å². The summed E-state index contributed by atoms with van der Waals surface area (Å²) in [6.45, 7) is 11.0. The largest absolute Gasteiger partial charge is 0.363 e. The van der Waals surface area contributed by atoms with Crippen molar-refractivity contribution in [1.29, 1.82) is 0 Å². The quantitative estimate of drug-likeness (QED) is 0.872. The van der Waals surface area contributed by atoms with E-state index in [0.29, 0.717) is 18.1 Å². The SMILES string of the molecule is CCC1CNC(C)CN1c1cnn(C(C)C)c1. The van der Waals surface area contributed by atoms with Crippen LogP contribution in [0.15, 0.2) is 12.4 Å². The van der Waals surface area contributed by atoms with Gasteiger partial charge in [0.05, 0.1) is 11.9 Å². The van der Waals surface area contributed by atoms with Gasteiger partial charge in [0.1, 0.15) is 0 Å². The molecule has 96 valence electrons. The highest BCUT2D eigenvalue weighted by Crippen LogP contribution is 2.21. The Labute approximate surface area is 104 Å². The molecule has 4 nitrogen and oxygen atoms in total. The van der Waals surface area contributed by atoms with E-state index in [2.05, 4.69) is 49.2 Å². The minimum absolute atomic E-state index is 0.434. The summed E-state index contributed by atoms with van der Waals surface area (Å²) in [5, 5.41) is 7.98. The first-order valence-corrected chi connectivity index (χ1v) is 6.66. The third kappa shape index (κ3) is 2.63. The molecule has 1 aromatic heterocycles. The predicted molar refractivity (Wildman–Crippen MR) is 71.5 cm³/mol. The van der Waals surface area contributed by atoms with Gasteiger partial charge in [-0.25, -0.2) is 0 Å². The molecule has 0 spiro atoms. The van der Waals surface area contributed by atoms with Crippen LogP contribution in [-0.4, -0.2) is 35.0 Å². The fourth-order valence-electron chi connectivity index (χ4n) is 2.40. The third-order valence-electron chi connectivity index (χ3n) is 3.53. The summed E-state index contributed by atoms with van der Waals surface area (Å²) in [5.41, 5.74) is 1.26. The van der Waals surface area contributed by atoms with Crippen molar-refractivity contribution in [3.63, 3.8) is 0 Å². The maximum atomic E-state index is 4.44. The van der Waals surface area contributed by atoms with Crippen molar-refractivity contribution < 1.29 is 0 Å². The van der Waals surface area contributed by atoms with Crippen molar-refractivity contribution >= 4 is 5.69 Å². The molecule has 1 aromatic rings. The lowest BCUT2D eigenvalue weighted by Gasteiger charge is -2.39. The fourth-order valence-corrected chi connectivity index (χ4v) is 2.40. The van der Waals surface area contributed by atoms with E-state index in [0.717, 1.165) is 13.1 Å². The van der Waals surface area contributed by atoms with Gasteiger partial charge in [-0.05, 0) is 27.2 Å². The van der Waals surface area contributed by atoms with E-state index in [-0.39, 0.29) is 0 Å². The maximum absolute atomic E-state index is 4.44. The lowest BCUT2D eigenvalue weighted by Crippen LogP contribution is -2.55. The highest BCUT2D eigenvalue weighted by Gasteiger charge is 2.25. The first-order valence-electron chi connectivity index (χ1n) is 6.66. The second-order valence-electron chi connectivity index (χ2n) is 5.30. The second kappa shape index (κ2) is 5.08. The molecule has 0 aromatic carbocycles. The zero-order valence-corrected chi connectivity index (χ0v) is 11.3. The van der Waals surface area contributed by atoms with Crippen molar-refractivity contribution in [2.75, 3.05) is 18.0 Å². The van der Waals surface area contributed by atoms with Crippen LogP contribution in [-0.2, 0) is 0 Å². The number of nitrogens with zero attached hydrogens (tertiary/aromatic N) is 3. The normalized spacial score (nSPS) is 25.6. The molecule has 0 aliphatic carbocycles. The van der Waals surface area contributed by atoms with Crippen LogP contribution in [0, 0.1) is 0 Å². The molecule has 4 heteroatoms. The predicted octanol–water partition coefficient (Wildman–Crippen LogP) is 2.04. The number of hydrogen-bond donors (Lipinski definition) is 1. The number of rotatable bonds is 3. The van der Waals surface area contributed by atoms with E-state index in [4.69, 9.17) is 0 Å². The van der Waals surface area contributed by atoms with Crippen molar-refractivity contribution in [2.45, 2.75) is 52.2 Å². The van der Waals surface area contributed by atoms with Gasteiger partial charge in [0.25, 0.3) is 0 Å². The van der Waals surface area contributed by atoms with Crippen LogP contribution >= 0.6 is 0 Å². The van der Waals surface area contributed by atoms with Gasteiger partial charge in [-0.3, -0.25) is 4.68 Å². The van der Waals surface area contributed by atoms with E-state index >= 15 is 0 Å². The van der Waals surface area contributed by atoms with Gasteiger partial charge >= 0.3 is 0 Å². The molecule has 1 N–H and O–H groups in total. The van der Waals surface area contributed by atoms with Gasteiger partial charge in [0.15, 0.2) is 0 Å². The van der Waals surface area contributed by atoms with Gasteiger partial charge in [-0.15, -0.1) is 0 Å². The third-order valence-corrected chi connectivity index (χ3v) is 3.53. The number of anilines is 1. The zero-order chi connectivity index (χ0) is 12.4. The minimum atomic E-state index is 0.434. The Morgan fingerprint density at radius 1 is 1.53 bits per heavy atom. The summed E-state index contributed by atoms with van der Waals surface area (Å²) < 4.78 is 2.04. The Morgan fingerprint density at radius 2 is 2.29 bits per heavy atom. The number of hydrogen-bond acceptors (Lipinski definition) is 3. The molecule has 1 fully saturated rings. The van der Waals surface area contributed by atoms with Crippen molar-refractivity contribution in [1.82, 2.24) is 15.1 Å². The van der Waals surface area contributed by atoms with Crippen LogP contribution in [0.4, 0.5) is 5.69 Å². The smallest absolute Gasteiger partial charge is 0.0756 e. The van der Waals surface area contributed by atoms with Crippen molar-refractivity contribution in [2.24, 2.45) is 0 Å². The highest BCUT2D eigenvalue weighted by molar-refractivity contribution is 5.44. The van der Waals surface area contributed by atoms with Gasteiger partial charge < -0.3 is 10.2 Å². The van der Waals surface area contributed by atoms with Crippen LogP contribution in [0.1, 0.15) is 40.2 Å². The maximum Gasteiger partial charge on any atom is 0.0756 e. The van der Waals surface area contributed by atoms with Crippen LogP contribution in [0.2, 0.25) is 0 Å². The molecule has 2 rings (SSSR count). The van der Waals surface area contributed by atoms with E-state index in [1.54, 1.807) is 0 Å². The molecule has 2 heterocycles. The standard InChI is InChI=1S/C13H24N4/c1-5-12-6-14-11(4)8-16(12)13-7-15-17(9-13)10(2)3/h7,9-12,14H,5-6,8H2,1-4H3. The van der Waals surface area contributed by atoms with Gasteiger partial charge in [0.2, 0.25) is 0 Å². The second-order valence-corrected chi connectivity index (χ2v) is 5.30. The van der Waals surface area contributed by atoms with Crippen molar-refractivity contribution in [3.8, 4) is 0 Å². The van der Waals surface area contributed by atoms with Crippen LogP contribution in [0.25, 0.3) is 0 Å². The van der Waals surface area contributed by atoms with Gasteiger partial charge in [-0.2, -0.15) is 5.10 Å².